The van der Waals surface area contributed by atoms with E-state index in [1.807, 2.05) is 60.7 Å². The number of rotatable bonds is 4. The van der Waals surface area contributed by atoms with E-state index in [1.165, 1.54) is 0 Å². The number of allylic oxidation sites excluding steroid dienone is 1. The summed E-state index contributed by atoms with van der Waals surface area (Å²) in [5, 5.41) is 0. The maximum Gasteiger partial charge on any atom is 0.314 e. The summed E-state index contributed by atoms with van der Waals surface area (Å²) in [4.78, 5) is 25.6. The second-order valence-corrected chi connectivity index (χ2v) is 5.89. The summed E-state index contributed by atoms with van der Waals surface area (Å²) in [6.45, 7) is 3.89. The molecule has 0 saturated heterocycles. The molecular weight excluding hydrogens is 300 g/mol. The fourth-order valence-electron chi connectivity index (χ4n) is 3.42. The van der Waals surface area contributed by atoms with Crippen LogP contribution in [0.3, 0.4) is 0 Å². The van der Waals surface area contributed by atoms with Crippen LogP contribution >= 0.6 is 0 Å². The second-order valence-electron chi connectivity index (χ2n) is 5.89. The van der Waals surface area contributed by atoms with Crippen LogP contribution in [0.5, 0.6) is 0 Å². The third kappa shape index (κ3) is 2.78. The van der Waals surface area contributed by atoms with E-state index in [0.29, 0.717) is 12.2 Å². The molecular formula is C21H20O3. The minimum absolute atomic E-state index is 0.00175. The Morgan fingerprint density at radius 2 is 1.58 bits per heavy atom. The van der Waals surface area contributed by atoms with Gasteiger partial charge < -0.3 is 4.74 Å². The highest BCUT2D eigenvalue weighted by Crippen LogP contribution is 2.46. The lowest BCUT2D eigenvalue weighted by Gasteiger charge is -2.21. The van der Waals surface area contributed by atoms with Crippen molar-refractivity contribution in [2.24, 2.45) is 5.92 Å². The standard InChI is InChI=1S/C21H20O3/c1-3-24-21(23)19-17(15-10-6-4-7-11-15)14(2)20(22)18(19)16-12-8-5-9-13-16/h4-13,18-19H,3H2,1-2H3/t18-,19+/m0/s1. The Bertz CT molecular complexity index is 775. The van der Waals surface area contributed by atoms with Gasteiger partial charge >= 0.3 is 5.97 Å². The minimum atomic E-state index is -0.595. The van der Waals surface area contributed by atoms with Gasteiger partial charge in [-0.15, -0.1) is 0 Å². The van der Waals surface area contributed by atoms with Gasteiger partial charge in [0.25, 0.3) is 0 Å². The molecule has 0 amide bonds. The van der Waals surface area contributed by atoms with Gasteiger partial charge in [0, 0.05) is 0 Å². The Balaban J connectivity index is 2.13. The highest BCUT2D eigenvalue weighted by Gasteiger charge is 2.46. The first-order valence-corrected chi connectivity index (χ1v) is 8.17. The molecule has 122 valence electrons. The number of hydrogen-bond donors (Lipinski definition) is 0. The largest absolute Gasteiger partial charge is 0.465 e. The number of benzene rings is 2. The molecule has 0 spiro atoms. The summed E-state index contributed by atoms with van der Waals surface area (Å²) < 4.78 is 5.30. The predicted octanol–water partition coefficient (Wildman–Crippen LogP) is 4.01. The molecule has 0 heterocycles. The normalized spacial score (nSPS) is 20.3. The zero-order valence-corrected chi connectivity index (χ0v) is 13.9. The average Bonchev–Trinajstić information content (AvgIpc) is 2.88. The molecule has 3 heteroatoms. The fourth-order valence-corrected chi connectivity index (χ4v) is 3.42. The van der Waals surface area contributed by atoms with Gasteiger partial charge in [0.05, 0.1) is 18.4 Å². The van der Waals surface area contributed by atoms with E-state index >= 15 is 0 Å². The number of Topliss-reactive ketones (excluding diaryl/α,β-unsaturated/α-hetero) is 1. The minimum Gasteiger partial charge on any atom is -0.465 e. The first-order valence-electron chi connectivity index (χ1n) is 8.17. The summed E-state index contributed by atoms with van der Waals surface area (Å²) in [5.74, 6) is -1.45. The van der Waals surface area contributed by atoms with Crippen molar-refractivity contribution in [2.45, 2.75) is 19.8 Å². The molecule has 0 aliphatic heterocycles. The zero-order chi connectivity index (χ0) is 17.1. The van der Waals surface area contributed by atoms with Gasteiger partial charge in [-0.05, 0) is 36.1 Å². The first-order chi connectivity index (χ1) is 11.6. The fraction of sp³-hybridized carbons (Fsp3) is 0.238. The van der Waals surface area contributed by atoms with Crippen LogP contribution in [0.4, 0.5) is 0 Å². The van der Waals surface area contributed by atoms with Crippen molar-refractivity contribution >= 4 is 17.3 Å². The maximum atomic E-state index is 12.9. The van der Waals surface area contributed by atoms with Crippen molar-refractivity contribution in [1.82, 2.24) is 0 Å². The highest BCUT2D eigenvalue weighted by molar-refractivity contribution is 6.16. The van der Waals surface area contributed by atoms with E-state index in [0.717, 1.165) is 16.7 Å². The topological polar surface area (TPSA) is 43.4 Å². The van der Waals surface area contributed by atoms with Gasteiger partial charge in [-0.3, -0.25) is 9.59 Å². The van der Waals surface area contributed by atoms with Crippen molar-refractivity contribution in [3.63, 3.8) is 0 Å². The molecule has 0 bridgehead atoms. The molecule has 1 aliphatic carbocycles. The van der Waals surface area contributed by atoms with Crippen molar-refractivity contribution in [1.29, 1.82) is 0 Å². The first kappa shape index (κ1) is 16.2. The monoisotopic (exact) mass is 320 g/mol. The number of ketones is 1. The van der Waals surface area contributed by atoms with Crippen LogP contribution in [0, 0.1) is 5.92 Å². The van der Waals surface area contributed by atoms with Crippen LogP contribution in [-0.2, 0) is 14.3 Å². The maximum absolute atomic E-state index is 12.9. The van der Waals surface area contributed by atoms with Crippen molar-refractivity contribution in [3.05, 3.63) is 77.4 Å². The van der Waals surface area contributed by atoms with Gasteiger partial charge in [0.1, 0.15) is 0 Å². The number of ether oxygens (including phenoxy) is 1. The van der Waals surface area contributed by atoms with Gasteiger partial charge in [-0.1, -0.05) is 60.7 Å². The quantitative estimate of drug-likeness (QED) is 0.800. The van der Waals surface area contributed by atoms with E-state index in [9.17, 15) is 9.59 Å². The lowest BCUT2D eigenvalue weighted by molar-refractivity contribution is -0.147. The predicted molar refractivity (Wildman–Crippen MR) is 93.3 cm³/mol. The van der Waals surface area contributed by atoms with Crippen LogP contribution < -0.4 is 0 Å². The molecule has 24 heavy (non-hydrogen) atoms. The van der Waals surface area contributed by atoms with E-state index < -0.39 is 11.8 Å². The Hall–Kier alpha value is -2.68. The Morgan fingerprint density at radius 3 is 2.17 bits per heavy atom. The molecule has 1 aliphatic rings. The molecule has 0 N–H and O–H groups in total. The summed E-state index contributed by atoms with van der Waals surface area (Å²) in [6.07, 6.45) is 0. The number of hydrogen-bond acceptors (Lipinski definition) is 3. The highest BCUT2D eigenvalue weighted by atomic mass is 16.5. The molecule has 2 aromatic rings. The molecule has 2 atom stereocenters. The van der Waals surface area contributed by atoms with Crippen LogP contribution in [0.2, 0.25) is 0 Å². The number of carbonyl (C=O) groups is 2. The Kier molecular flexibility index (Phi) is 4.61. The molecule has 0 unspecified atom stereocenters. The molecule has 3 rings (SSSR count). The van der Waals surface area contributed by atoms with Gasteiger partial charge in [0.2, 0.25) is 0 Å². The van der Waals surface area contributed by atoms with Crippen LogP contribution in [0.25, 0.3) is 5.57 Å². The zero-order valence-electron chi connectivity index (χ0n) is 13.9. The van der Waals surface area contributed by atoms with Crippen molar-refractivity contribution in [2.75, 3.05) is 6.61 Å². The molecule has 3 nitrogen and oxygen atoms in total. The summed E-state index contributed by atoms with van der Waals surface area (Å²) >= 11 is 0. The summed E-state index contributed by atoms with van der Waals surface area (Å²) in [7, 11) is 0. The Labute approximate surface area is 142 Å². The summed E-state index contributed by atoms with van der Waals surface area (Å²) in [5.41, 5.74) is 3.19. The van der Waals surface area contributed by atoms with Crippen LogP contribution in [0.1, 0.15) is 30.9 Å². The third-order valence-electron chi connectivity index (χ3n) is 4.48. The molecule has 0 fully saturated rings. The van der Waals surface area contributed by atoms with Gasteiger partial charge in [0.15, 0.2) is 5.78 Å². The Morgan fingerprint density at radius 1 is 1.00 bits per heavy atom. The average molecular weight is 320 g/mol. The second kappa shape index (κ2) is 6.83. The van der Waals surface area contributed by atoms with Crippen LogP contribution in [0.15, 0.2) is 66.2 Å². The van der Waals surface area contributed by atoms with E-state index in [2.05, 4.69) is 0 Å². The van der Waals surface area contributed by atoms with Crippen molar-refractivity contribution in [3.8, 4) is 0 Å². The molecule has 2 aromatic carbocycles. The van der Waals surface area contributed by atoms with E-state index in [1.54, 1.807) is 13.8 Å². The van der Waals surface area contributed by atoms with Gasteiger partial charge in [-0.2, -0.15) is 0 Å². The SMILES string of the molecule is CCOC(=O)[C@@H]1C(c2ccccc2)=C(C)C(=O)[C@H]1c1ccccc1. The van der Waals surface area contributed by atoms with Crippen LogP contribution in [-0.4, -0.2) is 18.4 Å². The third-order valence-corrected chi connectivity index (χ3v) is 4.48. The molecule has 0 aromatic heterocycles. The lowest BCUT2D eigenvalue weighted by Crippen LogP contribution is -2.25. The van der Waals surface area contributed by atoms with Crippen molar-refractivity contribution < 1.29 is 14.3 Å². The van der Waals surface area contributed by atoms with E-state index in [4.69, 9.17) is 4.74 Å². The van der Waals surface area contributed by atoms with Gasteiger partial charge in [-0.25, -0.2) is 0 Å². The molecule has 0 radical (unpaired) electrons. The summed E-state index contributed by atoms with van der Waals surface area (Å²) in [6, 6.07) is 19.1. The number of carbonyl (C=O) groups excluding carboxylic acids is 2. The smallest absolute Gasteiger partial charge is 0.314 e. The molecule has 0 saturated carbocycles. The van der Waals surface area contributed by atoms with E-state index in [-0.39, 0.29) is 11.8 Å². The lowest BCUT2D eigenvalue weighted by atomic mass is 9.83. The number of esters is 1.